The predicted molar refractivity (Wildman–Crippen MR) is 99.3 cm³/mol. The number of aromatic nitrogens is 4. The minimum absolute atomic E-state index is 0.517. The van der Waals surface area contributed by atoms with Crippen molar-refractivity contribution in [3.63, 3.8) is 0 Å². The molecule has 2 aromatic carbocycles. The third-order valence-corrected chi connectivity index (χ3v) is 4.08. The highest BCUT2D eigenvalue weighted by molar-refractivity contribution is 6.30. The Morgan fingerprint density at radius 3 is 2.46 bits per heavy atom. The number of benzene rings is 2. The van der Waals surface area contributed by atoms with Gasteiger partial charge in [0.05, 0.1) is 14.2 Å². The van der Waals surface area contributed by atoms with Crippen molar-refractivity contribution in [2.24, 2.45) is 0 Å². The molecule has 26 heavy (non-hydrogen) atoms. The second kappa shape index (κ2) is 8.16. The fourth-order valence-electron chi connectivity index (χ4n) is 2.56. The van der Waals surface area contributed by atoms with Gasteiger partial charge in [-0.15, -0.1) is 15.0 Å². The highest BCUT2D eigenvalue weighted by Crippen LogP contribution is 2.30. The second-order valence-electron chi connectivity index (χ2n) is 5.84. The zero-order valence-electron chi connectivity index (χ0n) is 14.9. The van der Waals surface area contributed by atoms with Gasteiger partial charge >= 0.3 is 0 Å². The van der Waals surface area contributed by atoms with E-state index in [0.29, 0.717) is 24.0 Å². The van der Waals surface area contributed by atoms with E-state index in [1.165, 1.54) is 0 Å². The smallest absolute Gasteiger partial charge is 0.205 e. The highest BCUT2D eigenvalue weighted by Gasteiger charge is 2.11. The van der Waals surface area contributed by atoms with Crippen LogP contribution in [0.4, 0.5) is 0 Å². The molecule has 1 heterocycles. The molecule has 0 fully saturated rings. The second-order valence-corrected chi connectivity index (χ2v) is 6.27. The average molecular weight is 374 g/mol. The Morgan fingerprint density at radius 2 is 1.77 bits per heavy atom. The molecule has 136 valence electrons. The Bertz CT molecular complexity index is 866. The van der Waals surface area contributed by atoms with Crippen LogP contribution < -0.4 is 9.47 Å². The monoisotopic (exact) mass is 373 g/mol. The molecule has 8 heteroatoms. The van der Waals surface area contributed by atoms with Gasteiger partial charge in [0.25, 0.3) is 0 Å². The first kappa shape index (κ1) is 18.2. The van der Waals surface area contributed by atoms with Gasteiger partial charge in [0.1, 0.15) is 6.67 Å². The maximum absolute atomic E-state index is 5.92. The van der Waals surface area contributed by atoms with E-state index in [-0.39, 0.29) is 0 Å². The predicted octanol–water partition coefficient (Wildman–Crippen LogP) is 3.10. The van der Waals surface area contributed by atoms with Gasteiger partial charge in [0.2, 0.25) is 5.82 Å². The Balaban J connectivity index is 1.68. The van der Waals surface area contributed by atoms with Crippen molar-refractivity contribution >= 4 is 11.6 Å². The quantitative estimate of drug-likeness (QED) is 0.634. The highest BCUT2D eigenvalue weighted by atomic mass is 35.5. The molecular formula is C18H20ClN5O2. The van der Waals surface area contributed by atoms with Crippen molar-refractivity contribution in [2.75, 3.05) is 21.3 Å². The van der Waals surface area contributed by atoms with Gasteiger partial charge in [0.15, 0.2) is 11.5 Å². The minimum atomic E-state index is 0.517. The molecule has 0 radical (unpaired) electrons. The minimum Gasteiger partial charge on any atom is -0.493 e. The lowest BCUT2D eigenvalue weighted by Crippen LogP contribution is -2.23. The van der Waals surface area contributed by atoms with Crippen LogP contribution in [0.2, 0.25) is 5.02 Å². The Morgan fingerprint density at radius 1 is 1.04 bits per heavy atom. The Kier molecular flexibility index (Phi) is 5.70. The lowest BCUT2D eigenvalue weighted by atomic mass is 10.2. The van der Waals surface area contributed by atoms with Crippen molar-refractivity contribution in [3.8, 4) is 22.9 Å². The van der Waals surface area contributed by atoms with Crippen molar-refractivity contribution in [1.29, 1.82) is 0 Å². The molecule has 0 aliphatic carbocycles. The van der Waals surface area contributed by atoms with Gasteiger partial charge in [-0.05, 0) is 48.2 Å². The normalized spacial score (nSPS) is 11.0. The molecule has 0 bridgehead atoms. The third kappa shape index (κ3) is 4.30. The molecule has 0 saturated carbocycles. The van der Waals surface area contributed by atoms with E-state index in [1.54, 1.807) is 19.0 Å². The molecule has 0 aliphatic heterocycles. The Labute approximate surface area is 157 Å². The summed E-state index contributed by atoms with van der Waals surface area (Å²) in [7, 11) is 5.19. The van der Waals surface area contributed by atoms with Gasteiger partial charge in [-0.3, -0.25) is 4.90 Å². The van der Waals surface area contributed by atoms with Crippen LogP contribution in [-0.4, -0.2) is 46.4 Å². The molecule has 0 unspecified atom stereocenters. The van der Waals surface area contributed by atoms with E-state index in [2.05, 4.69) is 20.3 Å². The van der Waals surface area contributed by atoms with Gasteiger partial charge in [0, 0.05) is 17.1 Å². The molecule has 1 aromatic heterocycles. The molecular weight excluding hydrogens is 354 g/mol. The molecule has 0 spiro atoms. The lowest BCUT2D eigenvalue weighted by Gasteiger charge is -2.15. The van der Waals surface area contributed by atoms with E-state index in [9.17, 15) is 0 Å². The molecule has 0 aliphatic rings. The summed E-state index contributed by atoms with van der Waals surface area (Å²) in [6, 6.07) is 13.3. The summed E-state index contributed by atoms with van der Waals surface area (Å²) in [5.41, 5.74) is 1.98. The summed E-state index contributed by atoms with van der Waals surface area (Å²) in [5, 5.41) is 13.4. The largest absolute Gasteiger partial charge is 0.493 e. The van der Waals surface area contributed by atoms with Crippen molar-refractivity contribution in [3.05, 3.63) is 53.1 Å². The zero-order chi connectivity index (χ0) is 18.5. The number of nitrogens with zero attached hydrogens (tertiary/aromatic N) is 5. The van der Waals surface area contributed by atoms with Crippen molar-refractivity contribution in [2.45, 2.75) is 13.2 Å². The van der Waals surface area contributed by atoms with Crippen LogP contribution in [-0.2, 0) is 13.2 Å². The summed E-state index contributed by atoms with van der Waals surface area (Å²) in [5.74, 6) is 1.82. The van der Waals surface area contributed by atoms with Gasteiger partial charge in [-0.2, -0.15) is 0 Å². The first-order valence-corrected chi connectivity index (χ1v) is 8.40. The van der Waals surface area contributed by atoms with Gasteiger partial charge in [-0.1, -0.05) is 23.7 Å². The molecule has 0 amide bonds. The number of halogens is 1. The fourth-order valence-corrected chi connectivity index (χ4v) is 2.69. The van der Waals surface area contributed by atoms with E-state index in [4.69, 9.17) is 21.1 Å². The molecule has 3 aromatic rings. The topological polar surface area (TPSA) is 65.3 Å². The van der Waals surface area contributed by atoms with Gasteiger partial charge < -0.3 is 9.47 Å². The van der Waals surface area contributed by atoms with Crippen molar-refractivity contribution in [1.82, 2.24) is 25.1 Å². The number of hydrogen-bond donors (Lipinski definition) is 0. The molecule has 7 nitrogen and oxygen atoms in total. The lowest BCUT2D eigenvalue weighted by molar-refractivity contribution is 0.227. The van der Waals surface area contributed by atoms with Crippen molar-refractivity contribution < 1.29 is 9.47 Å². The average Bonchev–Trinajstić information content (AvgIpc) is 3.11. The summed E-state index contributed by atoms with van der Waals surface area (Å²) in [4.78, 5) is 3.64. The summed E-state index contributed by atoms with van der Waals surface area (Å²) >= 11 is 5.92. The van der Waals surface area contributed by atoms with Crippen LogP contribution in [0, 0.1) is 0 Å². The van der Waals surface area contributed by atoms with Crippen LogP contribution in [0.5, 0.6) is 11.5 Å². The maximum Gasteiger partial charge on any atom is 0.205 e. The van der Waals surface area contributed by atoms with Crippen LogP contribution >= 0.6 is 11.6 Å². The van der Waals surface area contributed by atoms with Crippen LogP contribution in [0.25, 0.3) is 11.4 Å². The number of methoxy groups -OCH3 is 2. The van der Waals surface area contributed by atoms with E-state index in [0.717, 1.165) is 22.7 Å². The van der Waals surface area contributed by atoms with Crippen LogP contribution in [0.3, 0.4) is 0 Å². The van der Waals surface area contributed by atoms with Crippen LogP contribution in [0.15, 0.2) is 42.5 Å². The molecule has 0 N–H and O–H groups in total. The number of tetrazole rings is 1. The van der Waals surface area contributed by atoms with E-state index >= 15 is 0 Å². The van der Waals surface area contributed by atoms with Crippen LogP contribution in [0.1, 0.15) is 5.56 Å². The van der Waals surface area contributed by atoms with E-state index < -0.39 is 0 Å². The molecule has 0 atom stereocenters. The number of rotatable bonds is 7. The van der Waals surface area contributed by atoms with Gasteiger partial charge in [-0.25, -0.2) is 0 Å². The Hall–Kier alpha value is -2.64. The third-order valence-electron chi connectivity index (χ3n) is 3.83. The van der Waals surface area contributed by atoms with E-state index in [1.807, 2.05) is 49.5 Å². The molecule has 3 rings (SSSR count). The first-order chi connectivity index (χ1) is 12.6. The zero-order valence-corrected chi connectivity index (χ0v) is 15.6. The molecule has 0 saturated heterocycles. The fraction of sp³-hybridized carbons (Fsp3) is 0.278. The first-order valence-electron chi connectivity index (χ1n) is 8.02. The standard InChI is InChI=1S/C18H20ClN5O2/c1-23(11-13-4-7-15(19)8-5-13)12-24-21-18(20-22-24)14-6-9-16(25-2)17(10-14)26-3/h4-10H,11-12H2,1-3H3. The SMILES string of the molecule is COc1ccc(-c2nnn(CN(C)Cc3ccc(Cl)cc3)n2)cc1OC. The summed E-state index contributed by atoms with van der Waals surface area (Å²) < 4.78 is 10.6. The summed E-state index contributed by atoms with van der Waals surface area (Å²) in [6.07, 6.45) is 0. The maximum atomic E-state index is 5.92. The number of ether oxygens (including phenoxy) is 2. The number of hydrogen-bond acceptors (Lipinski definition) is 6. The summed E-state index contributed by atoms with van der Waals surface area (Å²) in [6.45, 7) is 1.27.